The normalized spacial score (nSPS) is 15.0. The van der Waals surface area contributed by atoms with Crippen LogP contribution in [0.4, 0.5) is 5.69 Å². The fourth-order valence-electron chi connectivity index (χ4n) is 3.68. The van der Waals surface area contributed by atoms with Crippen LogP contribution in [0.1, 0.15) is 63.8 Å². The quantitative estimate of drug-likeness (QED) is 0.340. The van der Waals surface area contributed by atoms with Crippen molar-refractivity contribution in [1.82, 2.24) is 15.2 Å². The van der Waals surface area contributed by atoms with Crippen molar-refractivity contribution in [2.45, 2.75) is 57.8 Å². The molecule has 0 saturated heterocycles. The summed E-state index contributed by atoms with van der Waals surface area (Å²) >= 11 is 1.57. The summed E-state index contributed by atoms with van der Waals surface area (Å²) in [5, 5.41) is 9.37. The zero-order valence-electron chi connectivity index (χ0n) is 18.9. The summed E-state index contributed by atoms with van der Waals surface area (Å²) in [6, 6.07) is 15.9. The molecule has 0 radical (unpaired) electrons. The van der Waals surface area contributed by atoms with Crippen LogP contribution < -0.4 is 9.64 Å². The summed E-state index contributed by atoms with van der Waals surface area (Å²) in [7, 11) is 0. The minimum atomic E-state index is -0.652. The molecule has 0 fully saturated rings. The van der Waals surface area contributed by atoms with Gasteiger partial charge in [0.1, 0.15) is 0 Å². The van der Waals surface area contributed by atoms with Crippen molar-refractivity contribution in [2.24, 2.45) is 0 Å². The largest absolute Gasteiger partial charge is 0.447 e. The highest BCUT2D eigenvalue weighted by atomic mass is 32.2. The number of carbonyl (C=O) groups excluding carboxylic acids is 1. The third-order valence-electron chi connectivity index (χ3n) is 5.47. The zero-order chi connectivity index (χ0) is 22.7. The molecule has 0 unspecified atom stereocenters. The summed E-state index contributed by atoms with van der Waals surface area (Å²) in [6.45, 7) is 8.02. The first kappa shape index (κ1) is 22.3. The van der Waals surface area contributed by atoms with E-state index in [9.17, 15) is 4.79 Å². The molecule has 4 rings (SSSR count). The van der Waals surface area contributed by atoms with E-state index >= 15 is 0 Å². The van der Waals surface area contributed by atoms with Crippen molar-refractivity contribution in [3.8, 4) is 17.1 Å². The van der Waals surface area contributed by atoms with Crippen LogP contribution in [0.2, 0.25) is 0 Å². The number of para-hydroxylation sites is 1. The van der Waals surface area contributed by atoms with Crippen LogP contribution in [0.3, 0.4) is 0 Å². The predicted molar refractivity (Wildman–Crippen MR) is 128 cm³/mol. The predicted octanol–water partition coefficient (Wildman–Crippen LogP) is 6.00. The van der Waals surface area contributed by atoms with Gasteiger partial charge in [0.05, 0.1) is 5.69 Å². The average molecular weight is 449 g/mol. The van der Waals surface area contributed by atoms with Crippen LogP contribution in [0.25, 0.3) is 11.3 Å². The molecule has 2 heterocycles. The van der Waals surface area contributed by atoms with E-state index in [0.29, 0.717) is 22.6 Å². The first-order valence-electron chi connectivity index (χ1n) is 11.0. The molecule has 0 saturated carbocycles. The maximum Gasteiger partial charge on any atom is 0.247 e. The maximum atomic E-state index is 12.9. The standard InChI is InChI=1S/C25H28N4O2S/c1-5-6-15-32-25-26-23-22(27-28-25)20-9-7-8-10-21(20)29(17(4)30)24(31-23)19-13-11-18(12-14-19)16(2)3/h7-14,16,24H,5-6,15H2,1-4H3/t24-/m0/s1. The second kappa shape index (κ2) is 9.69. The van der Waals surface area contributed by atoms with Crippen molar-refractivity contribution in [3.63, 3.8) is 0 Å². The number of fused-ring (bicyclic) bond motifs is 3. The molecule has 166 valence electrons. The van der Waals surface area contributed by atoms with Gasteiger partial charge in [-0.1, -0.05) is 81.4 Å². The Labute approximate surface area is 193 Å². The van der Waals surface area contributed by atoms with E-state index in [0.717, 1.165) is 35.4 Å². The Morgan fingerprint density at radius 1 is 1.12 bits per heavy atom. The Morgan fingerprint density at radius 2 is 1.88 bits per heavy atom. The number of hydrogen-bond donors (Lipinski definition) is 0. The van der Waals surface area contributed by atoms with Crippen molar-refractivity contribution in [2.75, 3.05) is 10.7 Å². The van der Waals surface area contributed by atoms with E-state index in [-0.39, 0.29) is 5.91 Å². The zero-order valence-corrected chi connectivity index (χ0v) is 19.7. The van der Waals surface area contributed by atoms with Gasteiger partial charge in [-0.2, -0.15) is 4.98 Å². The van der Waals surface area contributed by atoms with Gasteiger partial charge in [0, 0.05) is 23.8 Å². The smallest absolute Gasteiger partial charge is 0.247 e. The molecule has 6 nitrogen and oxygen atoms in total. The average Bonchev–Trinajstić information content (AvgIpc) is 2.93. The van der Waals surface area contributed by atoms with E-state index in [2.05, 4.69) is 48.1 Å². The summed E-state index contributed by atoms with van der Waals surface area (Å²) in [5.74, 6) is 1.62. The molecule has 1 aliphatic heterocycles. The lowest BCUT2D eigenvalue weighted by Crippen LogP contribution is -2.36. The highest BCUT2D eigenvalue weighted by Gasteiger charge is 2.34. The van der Waals surface area contributed by atoms with Crippen molar-refractivity contribution in [1.29, 1.82) is 0 Å². The lowest BCUT2D eigenvalue weighted by molar-refractivity contribution is -0.118. The lowest BCUT2D eigenvalue weighted by atomic mass is 10.0. The molecule has 2 aromatic carbocycles. The third kappa shape index (κ3) is 4.48. The van der Waals surface area contributed by atoms with Crippen molar-refractivity contribution in [3.05, 3.63) is 59.7 Å². The third-order valence-corrected chi connectivity index (χ3v) is 6.39. The molecule has 1 atom stereocenters. The molecule has 0 spiro atoms. The van der Waals surface area contributed by atoms with Crippen molar-refractivity contribution >= 4 is 23.4 Å². The van der Waals surface area contributed by atoms with Crippen LogP contribution in [0, 0.1) is 0 Å². The van der Waals surface area contributed by atoms with Gasteiger partial charge in [-0.15, -0.1) is 10.2 Å². The Hall–Kier alpha value is -2.93. The fourth-order valence-corrected chi connectivity index (χ4v) is 4.55. The van der Waals surface area contributed by atoms with Gasteiger partial charge in [0.15, 0.2) is 5.69 Å². The molecule has 3 aromatic rings. The van der Waals surface area contributed by atoms with Crippen LogP contribution in [-0.4, -0.2) is 26.8 Å². The van der Waals surface area contributed by atoms with Crippen LogP contribution >= 0.6 is 11.8 Å². The maximum absolute atomic E-state index is 12.9. The minimum Gasteiger partial charge on any atom is -0.447 e. The number of anilines is 1. The Bertz CT molecular complexity index is 1100. The molecular weight excluding hydrogens is 420 g/mol. The number of unbranched alkanes of at least 4 members (excludes halogenated alkanes) is 1. The highest BCUT2D eigenvalue weighted by Crippen LogP contribution is 2.43. The monoisotopic (exact) mass is 448 g/mol. The summed E-state index contributed by atoms with van der Waals surface area (Å²) in [6.07, 6.45) is 1.54. The molecule has 1 amide bonds. The molecule has 0 aliphatic carbocycles. The van der Waals surface area contributed by atoms with Crippen LogP contribution in [0.15, 0.2) is 53.7 Å². The molecule has 1 aromatic heterocycles. The Balaban J connectivity index is 1.82. The van der Waals surface area contributed by atoms with Crippen LogP contribution in [0.5, 0.6) is 5.88 Å². The van der Waals surface area contributed by atoms with Gasteiger partial charge in [0.2, 0.25) is 23.2 Å². The van der Waals surface area contributed by atoms with E-state index < -0.39 is 6.23 Å². The van der Waals surface area contributed by atoms with Gasteiger partial charge < -0.3 is 4.74 Å². The van der Waals surface area contributed by atoms with Crippen LogP contribution in [-0.2, 0) is 4.79 Å². The fraction of sp³-hybridized carbons (Fsp3) is 0.360. The van der Waals surface area contributed by atoms with Gasteiger partial charge in [-0.05, 0) is 24.0 Å². The van der Waals surface area contributed by atoms with Crippen molar-refractivity contribution < 1.29 is 9.53 Å². The Kier molecular flexibility index (Phi) is 6.74. The number of carbonyl (C=O) groups is 1. The first-order chi connectivity index (χ1) is 15.5. The first-order valence-corrected chi connectivity index (χ1v) is 12.0. The lowest BCUT2D eigenvalue weighted by Gasteiger charge is -2.30. The minimum absolute atomic E-state index is 0.117. The number of ether oxygens (including phenoxy) is 1. The number of hydrogen-bond acceptors (Lipinski definition) is 6. The molecule has 0 bridgehead atoms. The SMILES string of the molecule is CCCCSc1nnc2c(n1)O[C@@H](c1ccc(C(C)C)cc1)N(C(C)=O)c1ccccc1-2. The number of thioether (sulfide) groups is 1. The molecule has 7 heteroatoms. The number of rotatable bonds is 6. The van der Waals surface area contributed by atoms with Gasteiger partial charge in [-0.3, -0.25) is 9.69 Å². The van der Waals surface area contributed by atoms with Gasteiger partial charge in [0.25, 0.3) is 0 Å². The second-order valence-corrected chi connectivity index (χ2v) is 9.21. The number of nitrogens with zero attached hydrogens (tertiary/aromatic N) is 4. The molecule has 32 heavy (non-hydrogen) atoms. The van der Waals surface area contributed by atoms with E-state index in [1.54, 1.807) is 23.6 Å². The summed E-state index contributed by atoms with van der Waals surface area (Å²) < 4.78 is 6.42. The van der Waals surface area contributed by atoms with Gasteiger partial charge in [-0.25, -0.2) is 0 Å². The summed E-state index contributed by atoms with van der Waals surface area (Å²) in [4.78, 5) is 19.2. The molecule has 1 aliphatic rings. The topological polar surface area (TPSA) is 68.2 Å². The molecule has 0 N–H and O–H groups in total. The molecular formula is C25H28N4O2S. The second-order valence-electron chi connectivity index (χ2n) is 8.15. The van der Waals surface area contributed by atoms with E-state index in [1.165, 1.54) is 5.56 Å². The summed E-state index contributed by atoms with van der Waals surface area (Å²) in [5.41, 5.74) is 4.18. The number of amides is 1. The van der Waals surface area contributed by atoms with E-state index in [4.69, 9.17) is 4.74 Å². The highest BCUT2D eigenvalue weighted by molar-refractivity contribution is 7.99. The van der Waals surface area contributed by atoms with E-state index in [1.807, 2.05) is 36.4 Å². The number of benzene rings is 2. The number of aromatic nitrogens is 3. The Morgan fingerprint density at radius 3 is 2.56 bits per heavy atom. The van der Waals surface area contributed by atoms with Gasteiger partial charge >= 0.3 is 0 Å².